The fraction of sp³-hybridized carbons (Fsp3) is 0.522. The molecule has 4 rings (SSSR count). The van der Waals surface area contributed by atoms with Crippen LogP contribution in [-0.4, -0.2) is 15.6 Å². The third-order valence-corrected chi connectivity index (χ3v) is 8.10. The van der Waals surface area contributed by atoms with Gasteiger partial charge in [0, 0.05) is 0 Å². The fourth-order valence-electron chi connectivity index (χ4n) is 4.86. The van der Waals surface area contributed by atoms with E-state index in [0.29, 0.717) is 22.3 Å². The second kappa shape index (κ2) is 20.8. The number of rotatable bonds is 2. The Morgan fingerprint density at radius 1 is 0.540 bits per heavy atom. The van der Waals surface area contributed by atoms with E-state index in [9.17, 15) is 10.2 Å². The quantitative estimate of drug-likeness (QED) is 0.157. The molecule has 4 heteroatoms. The predicted molar refractivity (Wildman–Crippen MR) is 221 cm³/mol. The monoisotopic (exact) mass is 774 g/mol. The molecule has 0 heterocycles. The molecule has 0 bridgehead atoms. The average molecular weight is 776 g/mol. The summed E-state index contributed by atoms with van der Waals surface area (Å²) >= 11 is 1.74. The van der Waals surface area contributed by atoms with Gasteiger partial charge in [-0.05, 0) is 47.9 Å². The fourth-order valence-corrected chi connectivity index (χ4v) is 4.86. The number of phenolic OH excluding ortho intramolecular Hbond substituents is 2. The van der Waals surface area contributed by atoms with E-state index in [-0.39, 0.29) is 16.3 Å². The number of aromatic hydroxyl groups is 2. The maximum Gasteiger partial charge on any atom is 0.119 e. The van der Waals surface area contributed by atoms with Gasteiger partial charge < -0.3 is 10.2 Å². The second-order valence-electron chi connectivity index (χ2n) is 17.8. The standard InChI is InChI=1S/2C11H16O.2C11H17.C2H6Si.Zr/c2*1-8-5-6-10(12)9(7-8)11(2,3)4;2*1-5-9-6-7-10(8-9)11(2,3)4;1-3-2;/h2*5-7,12H,1-4H3;2*6-8H,5H2,1-4H3;1-2H3;/q;;2*-1;;+2. The number of aryl methyl sites for hydroxylation is 4. The van der Waals surface area contributed by atoms with Crippen molar-refractivity contribution in [2.24, 2.45) is 0 Å². The second-order valence-corrected chi connectivity index (χ2v) is 27.1. The van der Waals surface area contributed by atoms with Gasteiger partial charge in [-0.2, -0.15) is 46.5 Å². The maximum absolute atomic E-state index is 9.57. The Morgan fingerprint density at radius 3 is 0.980 bits per heavy atom. The maximum atomic E-state index is 9.57. The molecule has 2 nitrogen and oxygen atoms in total. The summed E-state index contributed by atoms with van der Waals surface area (Å²) in [5.41, 5.74) is 11.1. The zero-order valence-corrected chi connectivity index (χ0v) is 38.7. The Kier molecular flexibility index (Phi) is 19.9. The summed E-state index contributed by atoms with van der Waals surface area (Å²) in [6.45, 7) is 39.2. The molecule has 276 valence electrons. The van der Waals surface area contributed by atoms with Crippen molar-refractivity contribution in [3.63, 3.8) is 0 Å². The van der Waals surface area contributed by atoms with Crippen molar-refractivity contribution in [3.8, 4) is 11.5 Å². The smallest absolute Gasteiger partial charge is 0.119 e. The van der Waals surface area contributed by atoms with Crippen LogP contribution in [0.15, 0.2) is 72.8 Å². The third kappa shape index (κ3) is 18.9. The molecule has 0 aliphatic rings. The Hall–Kier alpha value is -2.16. The van der Waals surface area contributed by atoms with Gasteiger partial charge in [0.1, 0.15) is 11.5 Å². The summed E-state index contributed by atoms with van der Waals surface area (Å²) in [5, 5.41) is 19.1. The molecule has 50 heavy (non-hydrogen) atoms. The van der Waals surface area contributed by atoms with Crippen molar-refractivity contribution in [2.75, 3.05) is 0 Å². The summed E-state index contributed by atoms with van der Waals surface area (Å²) in [6.07, 6.45) is 2.30. The van der Waals surface area contributed by atoms with Crippen LogP contribution in [0.2, 0.25) is 13.1 Å². The summed E-state index contributed by atoms with van der Waals surface area (Å²) in [6, 6.07) is 25.0. The van der Waals surface area contributed by atoms with Crippen LogP contribution in [-0.2, 0) is 57.8 Å². The van der Waals surface area contributed by atoms with E-state index >= 15 is 0 Å². The first-order chi connectivity index (χ1) is 22.6. The van der Waals surface area contributed by atoms with Crippen molar-refractivity contribution < 1.29 is 33.5 Å². The van der Waals surface area contributed by atoms with E-state index in [4.69, 9.17) is 0 Å². The molecule has 0 fully saturated rings. The number of benzene rings is 2. The van der Waals surface area contributed by atoms with Gasteiger partial charge in [0.25, 0.3) is 0 Å². The van der Waals surface area contributed by atoms with E-state index in [1.807, 2.05) is 38.1 Å². The Bertz CT molecular complexity index is 1460. The van der Waals surface area contributed by atoms with Crippen molar-refractivity contribution in [1.82, 2.24) is 0 Å². The molecule has 0 aromatic heterocycles. The van der Waals surface area contributed by atoms with E-state index in [1.165, 1.54) is 33.4 Å². The van der Waals surface area contributed by atoms with Gasteiger partial charge in [-0.1, -0.05) is 156 Å². The summed E-state index contributed by atoms with van der Waals surface area (Å²) in [4.78, 5) is 0. The molecule has 0 unspecified atom stereocenters. The third-order valence-electron chi connectivity index (χ3n) is 8.10. The molecule has 0 radical (unpaired) electrons. The largest absolute Gasteiger partial charge is 0.508 e. The molecule has 4 aromatic rings. The zero-order valence-electron chi connectivity index (χ0n) is 35.2. The molecule has 2 N–H and O–H groups in total. The first kappa shape index (κ1) is 47.8. The normalized spacial score (nSPS) is 11.4. The topological polar surface area (TPSA) is 40.5 Å². The molecular formula is C46H72O2SiZr. The van der Waals surface area contributed by atoms with Crippen LogP contribution in [0.5, 0.6) is 11.5 Å². The van der Waals surface area contributed by atoms with Crippen LogP contribution in [0.3, 0.4) is 0 Å². The van der Waals surface area contributed by atoms with Crippen LogP contribution in [0.4, 0.5) is 0 Å². The summed E-state index contributed by atoms with van der Waals surface area (Å²) in [5.74, 6) is 0.793. The van der Waals surface area contributed by atoms with Crippen LogP contribution in [0.1, 0.15) is 141 Å². The SMILES string of the molecule is CCc1cc(C(C)(C)C)c[cH-]1.CCc1cc(C(C)(C)C)c[cH-]1.C[Si](C)=[Zr+2].Cc1ccc(O)c(C(C)(C)C)c1.Cc1ccc(O)c(C(C)(C)C)c1. The van der Waals surface area contributed by atoms with Gasteiger partial charge in [0.05, 0.1) is 0 Å². The first-order valence-corrected chi connectivity index (χ1v) is 24.5. The van der Waals surface area contributed by atoms with Gasteiger partial charge in [0.15, 0.2) is 0 Å². The van der Waals surface area contributed by atoms with E-state index < -0.39 is 0 Å². The molecule has 0 aliphatic carbocycles. The molecule has 0 atom stereocenters. The van der Waals surface area contributed by atoms with Gasteiger partial charge in [-0.3, -0.25) is 0 Å². The number of hydrogen-bond donors (Lipinski definition) is 2. The minimum atomic E-state index is 0.0239. The molecule has 4 aromatic carbocycles. The van der Waals surface area contributed by atoms with Gasteiger partial charge in [-0.15, -0.1) is 0 Å². The van der Waals surface area contributed by atoms with Gasteiger partial charge in [-0.25, -0.2) is 12.1 Å². The Balaban J connectivity index is 0.000000618. The predicted octanol–water partition coefficient (Wildman–Crippen LogP) is 13.3. The van der Waals surface area contributed by atoms with Crippen molar-refractivity contribution in [2.45, 2.75) is 158 Å². The minimum absolute atomic E-state index is 0.0239. The number of phenols is 2. The number of hydrogen-bond acceptors (Lipinski definition) is 2. The molecule has 0 amide bonds. The van der Waals surface area contributed by atoms with Gasteiger partial charge >= 0.3 is 41.9 Å². The minimum Gasteiger partial charge on any atom is -0.508 e. The summed E-state index contributed by atoms with van der Waals surface area (Å²) < 4.78 is 0. The van der Waals surface area contributed by atoms with Crippen LogP contribution in [0, 0.1) is 13.8 Å². The van der Waals surface area contributed by atoms with E-state index in [0.717, 1.165) is 24.0 Å². The van der Waals surface area contributed by atoms with E-state index in [2.05, 4.69) is 146 Å². The Morgan fingerprint density at radius 2 is 0.820 bits per heavy atom. The molecule has 0 saturated carbocycles. The van der Waals surface area contributed by atoms with Crippen LogP contribution >= 0.6 is 0 Å². The van der Waals surface area contributed by atoms with E-state index in [1.54, 1.807) is 35.5 Å². The van der Waals surface area contributed by atoms with Crippen LogP contribution < -0.4 is 0 Å². The van der Waals surface area contributed by atoms with Crippen molar-refractivity contribution in [3.05, 3.63) is 117 Å². The molecule has 0 aliphatic heterocycles. The molecular weight excluding hydrogens is 704 g/mol. The summed E-state index contributed by atoms with van der Waals surface area (Å²) in [7, 11) is 0. The first-order valence-electron chi connectivity index (χ1n) is 18.3. The van der Waals surface area contributed by atoms with Crippen LogP contribution in [0.25, 0.3) is 0 Å². The zero-order chi connectivity index (χ0) is 39.3. The van der Waals surface area contributed by atoms with Gasteiger partial charge in [0.2, 0.25) is 0 Å². The molecule has 0 saturated heterocycles. The molecule has 0 spiro atoms. The Labute approximate surface area is 324 Å². The van der Waals surface area contributed by atoms with Crippen molar-refractivity contribution in [1.29, 1.82) is 0 Å². The van der Waals surface area contributed by atoms with Crippen molar-refractivity contribution >= 4 is 5.43 Å². The average Bonchev–Trinajstić information content (AvgIpc) is 3.66.